The van der Waals surface area contributed by atoms with Gasteiger partial charge < -0.3 is 15.2 Å². The number of methoxy groups -OCH3 is 1. The second-order valence-electron chi connectivity index (χ2n) is 5.16. The molecule has 0 atom stereocenters. The first-order chi connectivity index (χ1) is 9.78. The summed E-state index contributed by atoms with van der Waals surface area (Å²) >= 11 is 0. The average Bonchev–Trinajstić information content (AvgIpc) is 2.93. The highest BCUT2D eigenvalue weighted by Gasteiger charge is 2.11. The summed E-state index contributed by atoms with van der Waals surface area (Å²) in [6, 6.07) is 12.1. The minimum Gasteiger partial charge on any atom is -0.504 e. The third-order valence-electron chi connectivity index (χ3n) is 3.88. The first-order valence-electron chi connectivity index (χ1n) is 6.98. The van der Waals surface area contributed by atoms with Crippen molar-refractivity contribution in [1.82, 2.24) is 0 Å². The highest BCUT2D eigenvalue weighted by Crippen LogP contribution is 2.30. The van der Waals surface area contributed by atoms with Gasteiger partial charge in [-0.2, -0.15) is 0 Å². The van der Waals surface area contributed by atoms with Crippen LogP contribution in [0, 0.1) is 0 Å². The van der Waals surface area contributed by atoms with Gasteiger partial charge in [-0.15, -0.1) is 0 Å². The number of benzene rings is 2. The van der Waals surface area contributed by atoms with Crippen LogP contribution in [-0.4, -0.2) is 12.2 Å². The predicted molar refractivity (Wildman–Crippen MR) is 80.5 cm³/mol. The van der Waals surface area contributed by atoms with Crippen molar-refractivity contribution in [3.63, 3.8) is 0 Å². The molecule has 104 valence electrons. The normalized spacial score (nSPS) is 13.1. The Morgan fingerprint density at radius 1 is 1.15 bits per heavy atom. The van der Waals surface area contributed by atoms with Gasteiger partial charge in [0, 0.05) is 17.8 Å². The number of ether oxygens (including phenoxy) is 1. The van der Waals surface area contributed by atoms with Gasteiger partial charge >= 0.3 is 0 Å². The summed E-state index contributed by atoms with van der Waals surface area (Å²) in [4.78, 5) is 0. The lowest BCUT2D eigenvalue weighted by Gasteiger charge is -2.11. The quantitative estimate of drug-likeness (QED) is 0.892. The molecule has 3 rings (SSSR count). The topological polar surface area (TPSA) is 41.5 Å². The molecule has 20 heavy (non-hydrogen) atoms. The van der Waals surface area contributed by atoms with Crippen LogP contribution in [0.2, 0.25) is 0 Å². The first-order valence-corrected chi connectivity index (χ1v) is 6.98. The standard InChI is InChI=1S/C17H19NO2/c1-20-16-7-3-6-14(17(16)19)11-18-15-9-8-12-4-2-5-13(12)10-15/h3,6-10,18-19H,2,4-5,11H2,1H3. The van der Waals surface area contributed by atoms with E-state index >= 15 is 0 Å². The van der Waals surface area contributed by atoms with Crippen molar-refractivity contribution in [2.45, 2.75) is 25.8 Å². The number of phenols is 1. The molecular weight excluding hydrogens is 250 g/mol. The molecule has 0 radical (unpaired) electrons. The van der Waals surface area contributed by atoms with Gasteiger partial charge in [-0.05, 0) is 48.6 Å². The number of anilines is 1. The second kappa shape index (κ2) is 5.45. The van der Waals surface area contributed by atoms with Gasteiger partial charge in [-0.1, -0.05) is 18.2 Å². The van der Waals surface area contributed by atoms with E-state index in [4.69, 9.17) is 4.74 Å². The Labute approximate surface area is 119 Å². The number of nitrogens with one attached hydrogen (secondary N) is 1. The van der Waals surface area contributed by atoms with E-state index in [1.54, 1.807) is 13.2 Å². The molecule has 0 aliphatic heterocycles. The van der Waals surface area contributed by atoms with Crippen LogP contribution in [0.4, 0.5) is 5.69 Å². The van der Waals surface area contributed by atoms with E-state index in [2.05, 4.69) is 23.5 Å². The molecule has 0 fully saturated rings. The van der Waals surface area contributed by atoms with Crippen LogP contribution in [0.1, 0.15) is 23.1 Å². The molecule has 2 aromatic carbocycles. The number of para-hydroxylation sites is 1. The van der Waals surface area contributed by atoms with E-state index < -0.39 is 0 Å². The maximum Gasteiger partial charge on any atom is 0.162 e. The smallest absolute Gasteiger partial charge is 0.162 e. The van der Waals surface area contributed by atoms with Gasteiger partial charge in [0.1, 0.15) is 0 Å². The summed E-state index contributed by atoms with van der Waals surface area (Å²) in [5.41, 5.74) is 4.86. The monoisotopic (exact) mass is 269 g/mol. The highest BCUT2D eigenvalue weighted by molar-refractivity contribution is 5.52. The molecule has 3 heteroatoms. The number of hydrogen-bond acceptors (Lipinski definition) is 3. The van der Waals surface area contributed by atoms with Gasteiger partial charge in [-0.25, -0.2) is 0 Å². The van der Waals surface area contributed by atoms with E-state index in [0.29, 0.717) is 12.3 Å². The highest BCUT2D eigenvalue weighted by atomic mass is 16.5. The van der Waals surface area contributed by atoms with Crippen molar-refractivity contribution >= 4 is 5.69 Å². The summed E-state index contributed by atoms with van der Waals surface area (Å²) in [6.07, 6.45) is 3.64. The zero-order valence-corrected chi connectivity index (χ0v) is 11.6. The lowest BCUT2D eigenvalue weighted by molar-refractivity contribution is 0.371. The van der Waals surface area contributed by atoms with E-state index in [0.717, 1.165) is 11.3 Å². The molecule has 0 saturated carbocycles. The Hall–Kier alpha value is -2.16. The van der Waals surface area contributed by atoms with E-state index in [-0.39, 0.29) is 5.75 Å². The number of aromatic hydroxyl groups is 1. The molecule has 0 bridgehead atoms. The molecule has 2 N–H and O–H groups in total. The second-order valence-corrected chi connectivity index (χ2v) is 5.16. The minimum absolute atomic E-state index is 0.212. The average molecular weight is 269 g/mol. The molecule has 0 heterocycles. The Bertz CT molecular complexity index is 622. The van der Waals surface area contributed by atoms with E-state index in [1.165, 1.54) is 30.4 Å². The predicted octanol–water partition coefficient (Wildman–Crippen LogP) is 3.50. The largest absolute Gasteiger partial charge is 0.504 e. The summed E-state index contributed by atoms with van der Waals surface area (Å²) in [7, 11) is 1.56. The van der Waals surface area contributed by atoms with Crippen LogP contribution in [-0.2, 0) is 19.4 Å². The summed E-state index contributed by atoms with van der Waals surface area (Å²) in [5, 5.41) is 13.4. The summed E-state index contributed by atoms with van der Waals surface area (Å²) in [5.74, 6) is 0.724. The molecule has 1 aliphatic carbocycles. The molecule has 0 aromatic heterocycles. The Morgan fingerprint density at radius 3 is 2.85 bits per heavy atom. The van der Waals surface area contributed by atoms with Crippen LogP contribution in [0.25, 0.3) is 0 Å². The molecule has 1 aliphatic rings. The van der Waals surface area contributed by atoms with Crippen molar-refractivity contribution in [3.8, 4) is 11.5 Å². The fourth-order valence-electron chi connectivity index (χ4n) is 2.75. The third kappa shape index (κ3) is 2.44. The fourth-order valence-corrected chi connectivity index (χ4v) is 2.75. The molecule has 0 spiro atoms. The maximum atomic E-state index is 10.1. The number of hydrogen-bond donors (Lipinski definition) is 2. The van der Waals surface area contributed by atoms with Gasteiger partial charge in [0.25, 0.3) is 0 Å². The molecule has 3 nitrogen and oxygen atoms in total. The molecular formula is C17H19NO2. The SMILES string of the molecule is COc1cccc(CNc2ccc3c(c2)CCC3)c1O. The number of aryl methyl sites for hydroxylation is 2. The lowest BCUT2D eigenvalue weighted by atomic mass is 10.1. The molecule has 0 unspecified atom stereocenters. The lowest BCUT2D eigenvalue weighted by Crippen LogP contribution is -2.01. The van der Waals surface area contributed by atoms with E-state index in [9.17, 15) is 5.11 Å². The zero-order valence-electron chi connectivity index (χ0n) is 11.6. The molecule has 0 amide bonds. The maximum absolute atomic E-state index is 10.1. The molecule has 2 aromatic rings. The third-order valence-corrected chi connectivity index (χ3v) is 3.88. The van der Waals surface area contributed by atoms with Crippen molar-refractivity contribution in [2.24, 2.45) is 0 Å². The Kier molecular flexibility index (Phi) is 3.50. The minimum atomic E-state index is 0.212. The zero-order chi connectivity index (χ0) is 13.9. The number of fused-ring (bicyclic) bond motifs is 1. The number of phenolic OH excluding ortho intramolecular Hbond substituents is 1. The van der Waals surface area contributed by atoms with Gasteiger partial charge in [0.2, 0.25) is 0 Å². The summed E-state index contributed by atoms with van der Waals surface area (Å²) in [6.45, 7) is 0.585. The molecule has 0 saturated heterocycles. The van der Waals surface area contributed by atoms with Crippen LogP contribution < -0.4 is 10.1 Å². The van der Waals surface area contributed by atoms with Crippen LogP contribution >= 0.6 is 0 Å². The van der Waals surface area contributed by atoms with Crippen LogP contribution in [0.5, 0.6) is 11.5 Å². The van der Waals surface area contributed by atoms with Crippen LogP contribution in [0.3, 0.4) is 0 Å². The summed E-state index contributed by atoms with van der Waals surface area (Å²) < 4.78 is 5.12. The number of rotatable bonds is 4. The van der Waals surface area contributed by atoms with Crippen molar-refractivity contribution < 1.29 is 9.84 Å². The fraction of sp³-hybridized carbons (Fsp3) is 0.294. The van der Waals surface area contributed by atoms with Crippen molar-refractivity contribution in [1.29, 1.82) is 0 Å². The first kappa shape index (κ1) is 12.9. The van der Waals surface area contributed by atoms with Crippen molar-refractivity contribution in [3.05, 3.63) is 53.1 Å². The van der Waals surface area contributed by atoms with Gasteiger partial charge in [0.05, 0.1) is 7.11 Å². The Morgan fingerprint density at radius 2 is 2.00 bits per heavy atom. The van der Waals surface area contributed by atoms with Crippen molar-refractivity contribution in [2.75, 3.05) is 12.4 Å². The van der Waals surface area contributed by atoms with Gasteiger partial charge in [0.15, 0.2) is 11.5 Å². The Balaban J connectivity index is 1.73. The van der Waals surface area contributed by atoms with E-state index in [1.807, 2.05) is 12.1 Å². The van der Waals surface area contributed by atoms with Gasteiger partial charge in [-0.3, -0.25) is 0 Å². The van der Waals surface area contributed by atoms with Crippen LogP contribution in [0.15, 0.2) is 36.4 Å².